The van der Waals surface area contributed by atoms with Crippen molar-refractivity contribution in [2.45, 2.75) is 20.3 Å². The summed E-state index contributed by atoms with van der Waals surface area (Å²) in [6.45, 7) is 1.61. The number of nitriles is 1. The van der Waals surface area contributed by atoms with Gasteiger partial charge in [-0.2, -0.15) is 9.65 Å². The van der Waals surface area contributed by atoms with Gasteiger partial charge in [0.05, 0.1) is 24.0 Å². The second-order valence-corrected chi connectivity index (χ2v) is 8.10. The third-order valence-electron chi connectivity index (χ3n) is 5.97. The number of methoxy groups -OCH3 is 1. The van der Waals surface area contributed by atoms with E-state index >= 15 is 0 Å². The second kappa shape index (κ2) is 9.07. The van der Waals surface area contributed by atoms with Gasteiger partial charge in [0.15, 0.2) is 5.75 Å². The number of aromatic nitrogens is 1. The van der Waals surface area contributed by atoms with Crippen LogP contribution in [0.2, 0.25) is 0 Å². The molecule has 8 nitrogen and oxygen atoms in total. The Morgan fingerprint density at radius 3 is 2.64 bits per heavy atom. The number of nitrogen functional groups attached to an aromatic ring is 1. The highest BCUT2D eigenvalue weighted by molar-refractivity contribution is 5.88. The molecule has 0 fully saturated rings. The lowest BCUT2D eigenvalue weighted by molar-refractivity contribution is 0.388. The van der Waals surface area contributed by atoms with E-state index in [-0.39, 0.29) is 35.8 Å². The summed E-state index contributed by atoms with van der Waals surface area (Å²) in [5.41, 5.74) is 14.4. The van der Waals surface area contributed by atoms with Gasteiger partial charge in [-0.3, -0.25) is 0 Å². The van der Waals surface area contributed by atoms with Crippen LogP contribution in [0.1, 0.15) is 30.0 Å². The molecule has 0 radical (unpaired) electrons. The molecule has 0 saturated carbocycles. The lowest BCUT2D eigenvalue weighted by Crippen LogP contribution is -2.26. The SMILES string of the molecule is C.COc1ccc(C2C(C#N)=C(N)Oc3c2c(=O)oc2ccc(N)cc32)cc1-c1cnc(F)c(C)c1. The van der Waals surface area contributed by atoms with E-state index in [1.54, 1.807) is 49.4 Å². The Morgan fingerprint density at radius 2 is 1.94 bits per heavy atom. The van der Waals surface area contributed by atoms with Crippen LogP contribution in [-0.4, -0.2) is 12.1 Å². The molecule has 0 amide bonds. The largest absolute Gasteiger partial charge is 0.496 e. The Hall–Kier alpha value is -4.84. The number of rotatable bonds is 3. The number of pyridine rings is 1. The molecule has 0 aliphatic carbocycles. The van der Waals surface area contributed by atoms with E-state index in [4.69, 9.17) is 25.4 Å². The predicted molar refractivity (Wildman–Crippen MR) is 134 cm³/mol. The zero-order valence-corrected chi connectivity index (χ0v) is 18.8. The van der Waals surface area contributed by atoms with E-state index in [9.17, 15) is 14.4 Å². The average Bonchev–Trinajstić information content (AvgIpc) is 2.85. The van der Waals surface area contributed by atoms with Crippen molar-refractivity contribution in [3.63, 3.8) is 0 Å². The van der Waals surface area contributed by atoms with E-state index in [0.29, 0.717) is 39.1 Å². The number of nitrogens with two attached hydrogens (primary N) is 2. The number of anilines is 1. The number of allylic oxidation sites excluding steroid dienone is 1. The molecule has 4 N–H and O–H groups in total. The zero-order valence-electron chi connectivity index (χ0n) is 18.8. The minimum Gasteiger partial charge on any atom is -0.496 e. The molecular weight excluding hydrogens is 463 g/mol. The maximum atomic E-state index is 13.8. The number of aryl methyl sites for hydroxylation is 1. The Morgan fingerprint density at radius 1 is 1.17 bits per heavy atom. The van der Waals surface area contributed by atoms with Crippen LogP contribution in [0.5, 0.6) is 11.5 Å². The maximum Gasteiger partial charge on any atom is 0.344 e. The normalized spacial score (nSPS) is 14.4. The molecule has 9 heteroatoms. The molecule has 0 spiro atoms. The van der Waals surface area contributed by atoms with Crippen LogP contribution < -0.4 is 26.6 Å². The first kappa shape index (κ1) is 24.3. The van der Waals surface area contributed by atoms with E-state index < -0.39 is 17.5 Å². The Labute approximate surface area is 206 Å². The molecule has 182 valence electrons. The Kier molecular flexibility index (Phi) is 6.12. The molecule has 36 heavy (non-hydrogen) atoms. The summed E-state index contributed by atoms with van der Waals surface area (Å²) in [6, 6.07) is 13.7. The van der Waals surface area contributed by atoms with Crippen LogP contribution in [0.4, 0.5) is 10.1 Å². The van der Waals surface area contributed by atoms with Crippen molar-refractivity contribution in [3.8, 4) is 28.7 Å². The molecule has 0 bridgehead atoms. The van der Waals surface area contributed by atoms with Crippen molar-refractivity contribution in [1.82, 2.24) is 4.98 Å². The fourth-order valence-corrected chi connectivity index (χ4v) is 4.31. The second-order valence-electron chi connectivity index (χ2n) is 8.10. The summed E-state index contributed by atoms with van der Waals surface area (Å²) < 4.78 is 30.6. The first-order chi connectivity index (χ1) is 16.8. The average molecular weight is 487 g/mol. The minimum atomic E-state index is -0.884. The Bertz CT molecular complexity index is 1650. The number of benzene rings is 2. The van der Waals surface area contributed by atoms with Crippen molar-refractivity contribution in [3.05, 3.63) is 93.2 Å². The molecule has 1 unspecified atom stereocenters. The van der Waals surface area contributed by atoms with Gasteiger partial charge in [-0.25, -0.2) is 9.78 Å². The van der Waals surface area contributed by atoms with Gasteiger partial charge in [0, 0.05) is 28.6 Å². The number of fused-ring (bicyclic) bond motifs is 3. The number of hydrogen-bond donors (Lipinski definition) is 2. The zero-order chi connectivity index (χ0) is 24.9. The van der Waals surface area contributed by atoms with Crippen LogP contribution in [0.15, 0.2) is 69.3 Å². The summed E-state index contributed by atoms with van der Waals surface area (Å²) in [7, 11) is 1.51. The van der Waals surface area contributed by atoms with Gasteiger partial charge in [0.1, 0.15) is 23.0 Å². The van der Waals surface area contributed by atoms with Crippen LogP contribution in [0, 0.1) is 24.2 Å². The van der Waals surface area contributed by atoms with Crippen molar-refractivity contribution in [2.24, 2.45) is 5.73 Å². The van der Waals surface area contributed by atoms with Crippen molar-refractivity contribution >= 4 is 16.7 Å². The number of nitrogens with zero attached hydrogens (tertiary/aromatic N) is 2. The number of ether oxygens (including phenoxy) is 2. The van der Waals surface area contributed by atoms with E-state index in [1.165, 1.54) is 13.3 Å². The van der Waals surface area contributed by atoms with Crippen LogP contribution in [-0.2, 0) is 0 Å². The molecule has 1 atom stereocenters. The molecule has 1 aliphatic rings. The van der Waals surface area contributed by atoms with E-state index in [2.05, 4.69) is 11.1 Å². The molecule has 2 aromatic heterocycles. The van der Waals surface area contributed by atoms with Gasteiger partial charge in [0.25, 0.3) is 0 Å². The summed E-state index contributed by atoms with van der Waals surface area (Å²) >= 11 is 0. The summed E-state index contributed by atoms with van der Waals surface area (Å²) in [5, 5.41) is 10.4. The van der Waals surface area contributed by atoms with Gasteiger partial charge in [-0.05, 0) is 48.9 Å². The van der Waals surface area contributed by atoms with Crippen molar-refractivity contribution in [2.75, 3.05) is 12.8 Å². The van der Waals surface area contributed by atoms with Gasteiger partial charge >= 0.3 is 5.63 Å². The lowest BCUT2D eigenvalue weighted by atomic mass is 9.82. The van der Waals surface area contributed by atoms with Gasteiger partial charge in [-0.15, -0.1) is 0 Å². The third kappa shape index (κ3) is 3.79. The topological polar surface area (TPSA) is 137 Å². The summed E-state index contributed by atoms with van der Waals surface area (Å²) in [4.78, 5) is 17.0. The Balaban J connectivity index is 0.00000304. The fourth-order valence-electron chi connectivity index (χ4n) is 4.31. The van der Waals surface area contributed by atoms with Crippen LogP contribution >= 0.6 is 0 Å². The van der Waals surface area contributed by atoms with Crippen LogP contribution in [0.3, 0.4) is 0 Å². The first-order valence-corrected chi connectivity index (χ1v) is 10.6. The standard InChI is InChI=1S/C26H19FN4O4.CH4/c1-12-7-14(11-31-24(12)27)16-8-13(3-5-19(16)33-2)21-18(10-28)25(30)35-23-17-9-15(29)4-6-20(17)34-26(32)22(21)23;/h3-9,11,21H,29-30H2,1-2H3;1H4. The third-order valence-corrected chi connectivity index (χ3v) is 5.97. The van der Waals surface area contributed by atoms with Crippen molar-refractivity contribution in [1.29, 1.82) is 5.26 Å². The van der Waals surface area contributed by atoms with Gasteiger partial charge in [0.2, 0.25) is 11.8 Å². The maximum absolute atomic E-state index is 13.8. The summed E-state index contributed by atoms with van der Waals surface area (Å²) in [5.74, 6) is -0.904. The number of halogens is 1. The smallest absolute Gasteiger partial charge is 0.344 e. The molecule has 3 heterocycles. The molecule has 0 saturated heterocycles. The fraction of sp³-hybridized carbons (Fsp3) is 0.148. The molecular formula is C27H23FN4O4. The highest BCUT2D eigenvalue weighted by Gasteiger charge is 2.36. The quantitative estimate of drug-likeness (QED) is 0.240. The first-order valence-electron chi connectivity index (χ1n) is 10.6. The number of hydrogen-bond acceptors (Lipinski definition) is 8. The monoisotopic (exact) mass is 486 g/mol. The minimum absolute atomic E-state index is 0. The van der Waals surface area contributed by atoms with E-state index in [1.807, 2.05) is 0 Å². The molecule has 5 rings (SSSR count). The van der Waals surface area contributed by atoms with Crippen LogP contribution in [0.25, 0.3) is 22.1 Å². The van der Waals surface area contributed by atoms with Gasteiger partial charge in [-0.1, -0.05) is 13.5 Å². The predicted octanol–water partition coefficient (Wildman–Crippen LogP) is 4.75. The lowest BCUT2D eigenvalue weighted by Gasteiger charge is -2.26. The van der Waals surface area contributed by atoms with E-state index in [0.717, 1.165) is 0 Å². The van der Waals surface area contributed by atoms with Gasteiger partial charge < -0.3 is 25.4 Å². The molecule has 4 aromatic rings. The highest BCUT2D eigenvalue weighted by atomic mass is 19.1. The van der Waals surface area contributed by atoms with Crippen molar-refractivity contribution < 1.29 is 18.3 Å². The highest BCUT2D eigenvalue weighted by Crippen LogP contribution is 2.45. The molecule has 2 aromatic carbocycles. The summed E-state index contributed by atoms with van der Waals surface area (Å²) in [6.07, 6.45) is 1.39. The molecule has 1 aliphatic heterocycles.